The summed E-state index contributed by atoms with van der Waals surface area (Å²) in [7, 11) is 0. The lowest BCUT2D eigenvalue weighted by molar-refractivity contribution is 0.0930. The first kappa shape index (κ1) is 16.1. The summed E-state index contributed by atoms with van der Waals surface area (Å²) >= 11 is 1.17. The zero-order valence-corrected chi connectivity index (χ0v) is 14.9. The average Bonchev–Trinajstić information content (AvgIpc) is 3.12. The fourth-order valence-corrected chi connectivity index (χ4v) is 3.44. The summed E-state index contributed by atoms with van der Waals surface area (Å²) in [4.78, 5) is 17.8. The van der Waals surface area contributed by atoms with E-state index in [0.717, 1.165) is 43.0 Å². The van der Waals surface area contributed by atoms with E-state index in [1.165, 1.54) is 11.5 Å². The Balaban J connectivity index is 1.70. The Kier molecular flexibility index (Phi) is 4.23. The lowest BCUT2D eigenvalue weighted by Gasteiger charge is -2.24. The highest BCUT2D eigenvalue weighted by molar-refractivity contribution is 7.08. The number of amides is 1. The van der Waals surface area contributed by atoms with Crippen LogP contribution < -0.4 is 5.32 Å². The van der Waals surface area contributed by atoms with Crippen molar-refractivity contribution in [2.45, 2.75) is 65.0 Å². The second-order valence-corrected chi connectivity index (χ2v) is 7.81. The molecule has 0 radical (unpaired) electrons. The number of fused-ring (bicyclic) bond motifs is 1. The first-order valence-electron chi connectivity index (χ1n) is 8.07. The highest BCUT2D eigenvalue weighted by atomic mass is 32.1. The standard InChI is InChI=1S/C16H23N5OS/c1-5-11-14(23-20-19-11)15(22)17-10-6-7-13-18-12(16(2,3)4)9-21(13)8-10/h9-10H,5-8H2,1-4H3,(H,17,22). The van der Waals surface area contributed by atoms with Crippen molar-refractivity contribution in [1.29, 1.82) is 0 Å². The molecule has 2 aromatic rings. The van der Waals surface area contributed by atoms with Crippen LogP contribution >= 0.6 is 11.5 Å². The largest absolute Gasteiger partial charge is 0.347 e. The van der Waals surface area contributed by atoms with Crippen LogP contribution in [0.1, 0.15) is 61.0 Å². The second-order valence-electron chi connectivity index (χ2n) is 7.06. The van der Waals surface area contributed by atoms with Gasteiger partial charge in [-0.15, -0.1) is 5.10 Å². The summed E-state index contributed by atoms with van der Waals surface area (Å²) in [6.45, 7) is 9.27. The first-order chi connectivity index (χ1) is 10.9. The van der Waals surface area contributed by atoms with E-state index in [-0.39, 0.29) is 17.4 Å². The number of nitrogens with one attached hydrogen (secondary N) is 1. The number of imidazole rings is 1. The molecule has 0 aromatic carbocycles. The average molecular weight is 333 g/mol. The molecule has 6 nitrogen and oxygen atoms in total. The number of aryl methyl sites for hydroxylation is 2. The third-order valence-corrected chi connectivity index (χ3v) is 4.96. The maximum atomic E-state index is 12.4. The molecule has 1 unspecified atom stereocenters. The lowest BCUT2D eigenvalue weighted by Crippen LogP contribution is -2.40. The van der Waals surface area contributed by atoms with Gasteiger partial charge in [0.15, 0.2) is 0 Å². The van der Waals surface area contributed by atoms with Crippen molar-refractivity contribution < 1.29 is 4.79 Å². The summed E-state index contributed by atoms with van der Waals surface area (Å²) in [5, 5.41) is 7.14. The maximum absolute atomic E-state index is 12.4. The van der Waals surface area contributed by atoms with Gasteiger partial charge in [0.05, 0.1) is 11.4 Å². The van der Waals surface area contributed by atoms with Crippen LogP contribution in [-0.4, -0.2) is 31.1 Å². The number of hydrogen-bond donors (Lipinski definition) is 1. The van der Waals surface area contributed by atoms with E-state index in [1.54, 1.807) is 0 Å². The van der Waals surface area contributed by atoms with Gasteiger partial charge in [0.2, 0.25) is 0 Å². The van der Waals surface area contributed by atoms with E-state index < -0.39 is 0 Å². The Morgan fingerprint density at radius 1 is 1.48 bits per heavy atom. The van der Waals surface area contributed by atoms with Crippen LogP contribution in [0.2, 0.25) is 0 Å². The van der Waals surface area contributed by atoms with Gasteiger partial charge in [-0.25, -0.2) is 4.98 Å². The SMILES string of the molecule is CCc1nnsc1C(=O)NC1CCc2nc(C(C)(C)C)cn2C1. The van der Waals surface area contributed by atoms with E-state index in [1.807, 2.05) is 6.92 Å². The molecule has 7 heteroatoms. The minimum atomic E-state index is -0.0542. The fraction of sp³-hybridized carbons (Fsp3) is 0.625. The van der Waals surface area contributed by atoms with Crippen molar-refractivity contribution in [3.63, 3.8) is 0 Å². The molecule has 2 aromatic heterocycles. The Labute approximate surface area is 140 Å². The van der Waals surface area contributed by atoms with Crippen LogP contribution in [0.4, 0.5) is 0 Å². The van der Waals surface area contributed by atoms with Gasteiger partial charge < -0.3 is 9.88 Å². The lowest BCUT2D eigenvalue weighted by atomic mass is 9.93. The highest BCUT2D eigenvalue weighted by Crippen LogP contribution is 2.24. The van der Waals surface area contributed by atoms with Crippen molar-refractivity contribution in [3.05, 3.63) is 28.3 Å². The minimum Gasteiger partial charge on any atom is -0.347 e. The van der Waals surface area contributed by atoms with Crippen molar-refractivity contribution in [2.24, 2.45) is 0 Å². The molecule has 23 heavy (non-hydrogen) atoms. The predicted molar refractivity (Wildman–Crippen MR) is 89.8 cm³/mol. The van der Waals surface area contributed by atoms with Gasteiger partial charge in [-0.1, -0.05) is 32.2 Å². The number of aromatic nitrogens is 4. The molecule has 1 N–H and O–H groups in total. The van der Waals surface area contributed by atoms with Crippen LogP contribution in [0.15, 0.2) is 6.20 Å². The van der Waals surface area contributed by atoms with Gasteiger partial charge in [0.1, 0.15) is 10.7 Å². The van der Waals surface area contributed by atoms with E-state index in [4.69, 9.17) is 4.98 Å². The molecule has 0 saturated heterocycles. The van der Waals surface area contributed by atoms with E-state index >= 15 is 0 Å². The number of carbonyl (C=O) groups is 1. The molecule has 0 saturated carbocycles. The summed E-state index contributed by atoms with van der Waals surface area (Å²) in [6, 6.07) is 0.129. The smallest absolute Gasteiger partial charge is 0.265 e. The molecule has 1 amide bonds. The molecule has 0 bridgehead atoms. The number of carbonyl (C=O) groups excluding carboxylic acids is 1. The van der Waals surface area contributed by atoms with Crippen LogP contribution in [-0.2, 0) is 24.8 Å². The molecule has 124 valence electrons. The monoisotopic (exact) mass is 333 g/mol. The van der Waals surface area contributed by atoms with Crippen molar-refractivity contribution >= 4 is 17.4 Å². The Hall–Kier alpha value is -1.76. The van der Waals surface area contributed by atoms with Gasteiger partial charge in [-0.05, 0) is 24.4 Å². The molecule has 1 atom stereocenters. The molecule has 3 rings (SSSR count). The predicted octanol–water partition coefficient (Wildman–Crippen LogP) is 2.34. The van der Waals surface area contributed by atoms with Gasteiger partial charge in [-0.3, -0.25) is 4.79 Å². The van der Waals surface area contributed by atoms with Gasteiger partial charge >= 0.3 is 0 Å². The van der Waals surface area contributed by atoms with E-state index in [2.05, 4.69) is 46.4 Å². The quantitative estimate of drug-likeness (QED) is 0.936. The number of rotatable bonds is 3. The van der Waals surface area contributed by atoms with Gasteiger partial charge in [0, 0.05) is 30.6 Å². The molecular weight excluding hydrogens is 310 g/mol. The number of hydrogen-bond acceptors (Lipinski definition) is 5. The highest BCUT2D eigenvalue weighted by Gasteiger charge is 2.26. The van der Waals surface area contributed by atoms with Crippen molar-refractivity contribution in [3.8, 4) is 0 Å². The van der Waals surface area contributed by atoms with Crippen molar-refractivity contribution in [2.75, 3.05) is 0 Å². The molecule has 0 aliphatic carbocycles. The fourth-order valence-electron chi connectivity index (χ4n) is 2.79. The third kappa shape index (κ3) is 3.29. The van der Waals surface area contributed by atoms with Crippen molar-refractivity contribution in [1.82, 2.24) is 24.5 Å². The number of nitrogens with zero attached hydrogens (tertiary/aromatic N) is 4. The molecule has 3 heterocycles. The van der Waals surface area contributed by atoms with Crippen LogP contribution in [0, 0.1) is 0 Å². The maximum Gasteiger partial charge on any atom is 0.265 e. The zero-order valence-electron chi connectivity index (χ0n) is 14.1. The van der Waals surface area contributed by atoms with Gasteiger partial charge in [-0.2, -0.15) is 0 Å². The van der Waals surface area contributed by atoms with Gasteiger partial charge in [0.25, 0.3) is 5.91 Å². The molecule has 1 aliphatic heterocycles. The van der Waals surface area contributed by atoms with Crippen LogP contribution in [0.25, 0.3) is 0 Å². The second kappa shape index (κ2) is 6.03. The van der Waals surface area contributed by atoms with E-state index in [9.17, 15) is 4.79 Å². The molecule has 0 fully saturated rings. The van der Waals surface area contributed by atoms with E-state index in [0.29, 0.717) is 4.88 Å². The normalized spacial score (nSPS) is 17.8. The van der Waals surface area contributed by atoms with Crippen LogP contribution in [0.3, 0.4) is 0 Å². The Bertz CT molecular complexity index is 712. The molecular formula is C16H23N5OS. The first-order valence-corrected chi connectivity index (χ1v) is 8.84. The molecule has 0 spiro atoms. The summed E-state index contributed by atoms with van der Waals surface area (Å²) in [6.07, 6.45) is 4.66. The Morgan fingerprint density at radius 3 is 2.96 bits per heavy atom. The zero-order chi connectivity index (χ0) is 16.6. The third-order valence-electron chi connectivity index (χ3n) is 4.19. The Morgan fingerprint density at radius 2 is 2.26 bits per heavy atom. The summed E-state index contributed by atoms with van der Waals surface area (Å²) in [5.41, 5.74) is 1.94. The van der Waals surface area contributed by atoms with Crippen LogP contribution in [0.5, 0.6) is 0 Å². The topological polar surface area (TPSA) is 72.7 Å². The summed E-state index contributed by atoms with van der Waals surface area (Å²) < 4.78 is 6.07. The molecule has 1 aliphatic rings. The minimum absolute atomic E-state index is 0.0490. The summed E-state index contributed by atoms with van der Waals surface area (Å²) in [5.74, 6) is 1.07.